The van der Waals surface area contributed by atoms with E-state index in [2.05, 4.69) is 4.98 Å². The van der Waals surface area contributed by atoms with Crippen molar-refractivity contribution in [1.82, 2.24) is 14.8 Å². The zero-order valence-electron chi connectivity index (χ0n) is 19.4. The SMILES string of the molecule is CCOC(=O)c1[nH]c(C)c(CCC(=O)N2CCC[C@@H](C(=O)N(C)Cc3ccco3)C2)c1C. The van der Waals surface area contributed by atoms with Gasteiger partial charge in [-0.3, -0.25) is 9.59 Å². The Morgan fingerprint density at radius 3 is 2.78 bits per heavy atom. The average molecular weight is 444 g/mol. The summed E-state index contributed by atoms with van der Waals surface area (Å²) in [6.45, 7) is 7.40. The van der Waals surface area contributed by atoms with Gasteiger partial charge in [-0.1, -0.05) is 0 Å². The monoisotopic (exact) mass is 443 g/mol. The normalized spacial score (nSPS) is 16.1. The van der Waals surface area contributed by atoms with E-state index in [0.717, 1.165) is 35.4 Å². The fraction of sp³-hybridized carbons (Fsp3) is 0.542. The molecular weight excluding hydrogens is 410 g/mol. The van der Waals surface area contributed by atoms with Gasteiger partial charge in [0.15, 0.2) is 0 Å². The number of likely N-dealkylation sites (tertiary alicyclic amines) is 1. The molecule has 0 unspecified atom stereocenters. The molecule has 1 aliphatic rings. The number of carbonyl (C=O) groups is 3. The Labute approximate surface area is 188 Å². The van der Waals surface area contributed by atoms with Gasteiger partial charge in [-0.25, -0.2) is 4.79 Å². The van der Waals surface area contributed by atoms with Gasteiger partial charge in [-0.2, -0.15) is 0 Å². The lowest BCUT2D eigenvalue weighted by molar-refractivity contribution is -0.140. The predicted molar refractivity (Wildman–Crippen MR) is 119 cm³/mol. The number of ether oxygens (including phenoxy) is 1. The maximum absolute atomic E-state index is 12.9. The van der Waals surface area contributed by atoms with Crippen LogP contribution < -0.4 is 0 Å². The van der Waals surface area contributed by atoms with Crippen LogP contribution in [-0.2, 0) is 27.3 Å². The first-order chi connectivity index (χ1) is 15.3. The quantitative estimate of drug-likeness (QED) is 0.632. The Balaban J connectivity index is 1.56. The average Bonchev–Trinajstić information content (AvgIpc) is 3.39. The number of rotatable bonds is 8. The largest absolute Gasteiger partial charge is 0.467 e. The van der Waals surface area contributed by atoms with Crippen LogP contribution in [0.5, 0.6) is 0 Å². The number of hydrogen-bond donors (Lipinski definition) is 1. The van der Waals surface area contributed by atoms with Gasteiger partial charge in [0.2, 0.25) is 11.8 Å². The second kappa shape index (κ2) is 10.5. The van der Waals surface area contributed by atoms with Crippen molar-refractivity contribution in [2.24, 2.45) is 5.92 Å². The predicted octanol–water partition coefficient (Wildman–Crippen LogP) is 3.23. The highest BCUT2D eigenvalue weighted by atomic mass is 16.5. The van der Waals surface area contributed by atoms with Crippen molar-refractivity contribution in [2.45, 2.75) is 53.0 Å². The third-order valence-electron chi connectivity index (χ3n) is 6.13. The minimum atomic E-state index is -0.373. The highest BCUT2D eigenvalue weighted by Gasteiger charge is 2.30. The van der Waals surface area contributed by atoms with E-state index in [0.29, 0.717) is 44.8 Å². The maximum Gasteiger partial charge on any atom is 0.355 e. The smallest absolute Gasteiger partial charge is 0.355 e. The molecule has 174 valence electrons. The first-order valence-electron chi connectivity index (χ1n) is 11.2. The van der Waals surface area contributed by atoms with Crippen LogP contribution in [0.1, 0.15) is 59.3 Å². The van der Waals surface area contributed by atoms with E-state index in [4.69, 9.17) is 9.15 Å². The number of hydrogen-bond acceptors (Lipinski definition) is 5. The van der Waals surface area contributed by atoms with Crippen molar-refractivity contribution in [2.75, 3.05) is 26.7 Å². The summed E-state index contributed by atoms with van der Waals surface area (Å²) in [5, 5.41) is 0. The fourth-order valence-corrected chi connectivity index (χ4v) is 4.39. The van der Waals surface area contributed by atoms with Gasteiger partial charge in [0.1, 0.15) is 11.5 Å². The van der Waals surface area contributed by atoms with Crippen molar-refractivity contribution in [3.63, 3.8) is 0 Å². The molecule has 0 spiro atoms. The number of piperidine rings is 1. The standard InChI is InChI=1S/C24H33N3O5/c1-5-31-24(30)22-16(2)20(17(3)25-22)10-11-21(28)27-12-6-8-18(14-27)23(29)26(4)15-19-9-7-13-32-19/h7,9,13,18,25H,5-6,8,10-12,14-15H2,1-4H3/t18-/m1/s1. The number of nitrogens with one attached hydrogen (secondary N) is 1. The molecule has 8 heteroatoms. The van der Waals surface area contributed by atoms with Crippen LogP contribution in [0.25, 0.3) is 0 Å². The molecule has 2 aromatic rings. The highest BCUT2D eigenvalue weighted by molar-refractivity contribution is 5.90. The van der Waals surface area contributed by atoms with E-state index >= 15 is 0 Å². The molecule has 2 aromatic heterocycles. The van der Waals surface area contributed by atoms with E-state index < -0.39 is 0 Å². The molecular formula is C24H33N3O5. The van der Waals surface area contributed by atoms with Crippen LogP contribution in [0.3, 0.4) is 0 Å². The summed E-state index contributed by atoms with van der Waals surface area (Å²) >= 11 is 0. The molecule has 1 atom stereocenters. The lowest BCUT2D eigenvalue weighted by Gasteiger charge is -2.34. The van der Waals surface area contributed by atoms with E-state index in [-0.39, 0.29) is 23.7 Å². The molecule has 2 amide bonds. The first kappa shape index (κ1) is 23.6. The Morgan fingerprint density at radius 1 is 1.31 bits per heavy atom. The number of carbonyl (C=O) groups excluding carboxylic acids is 3. The summed E-state index contributed by atoms with van der Waals surface area (Å²) in [5.41, 5.74) is 3.14. The van der Waals surface area contributed by atoms with Gasteiger partial charge in [0.25, 0.3) is 0 Å². The minimum Gasteiger partial charge on any atom is -0.467 e. The second-order valence-corrected chi connectivity index (χ2v) is 8.40. The van der Waals surface area contributed by atoms with Gasteiger partial charge in [0.05, 0.1) is 25.3 Å². The fourth-order valence-electron chi connectivity index (χ4n) is 4.39. The van der Waals surface area contributed by atoms with Gasteiger partial charge in [0, 0.05) is 32.3 Å². The van der Waals surface area contributed by atoms with E-state index in [1.807, 2.05) is 19.9 Å². The summed E-state index contributed by atoms with van der Waals surface area (Å²) in [4.78, 5) is 44.5. The van der Waals surface area contributed by atoms with Crippen molar-refractivity contribution < 1.29 is 23.5 Å². The summed E-state index contributed by atoms with van der Waals surface area (Å²) in [6.07, 6.45) is 4.07. The van der Waals surface area contributed by atoms with Gasteiger partial charge < -0.3 is 23.9 Å². The van der Waals surface area contributed by atoms with E-state index in [9.17, 15) is 14.4 Å². The van der Waals surface area contributed by atoms with Crippen molar-refractivity contribution in [1.29, 1.82) is 0 Å². The van der Waals surface area contributed by atoms with Crippen LogP contribution in [0.2, 0.25) is 0 Å². The molecule has 0 aliphatic carbocycles. The van der Waals surface area contributed by atoms with Gasteiger partial charge in [-0.15, -0.1) is 0 Å². The summed E-state index contributed by atoms with van der Waals surface area (Å²) in [5.74, 6) is 0.244. The van der Waals surface area contributed by atoms with Crippen molar-refractivity contribution in [3.05, 3.63) is 46.7 Å². The second-order valence-electron chi connectivity index (χ2n) is 8.40. The molecule has 32 heavy (non-hydrogen) atoms. The maximum atomic E-state index is 12.9. The number of nitrogens with zero attached hydrogens (tertiary/aromatic N) is 2. The number of aromatic nitrogens is 1. The van der Waals surface area contributed by atoms with Gasteiger partial charge in [-0.05, 0) is 63.3 Å². The molecule has 1 N–H and O–H groups in total. The minimum absolute atomic E-state index is 0.0360. The number of H-pyrrole nitrogens is 1. The molecule has 1 saturated heterocycles. The van der Waals surface area contributed by atoms with Crippen LogP contribution >= 0.6 is 0 Å². The molecule has 0 bridgehead atoms. The van der Waals surface area contributed by atoms with Crippen LogP contribution in [0.4, 0.5) is 0 Å². The number of esters is 1. The number of amides is 2. The summed E-state index contributed by atoms with van der Waals surface area (Å²) in [7, 11) is 1.77. The van der Waals surface area contributed by atoms with E-state index in [1.165, 1.54) is 0 Å². The van der Waals surface area contributed by atoms with Crippen molar-refractivity contribution >= 4 is 17.8 Å². The summed E-state index contributed by atoms with van der Waals surface area (Å²) in [6, 6.07) is 3.65. The third-order valence-corrected chi connectivity index (χ3v) is 6.13. The lowest BCUT2D eigenvalue weighted by atomic mass is 9.95. The molecule has 3 rings (SSSR count). The zero-order chi connectivity index (χ0) is 23.3. The molecule has 0 saturated carbocycles. The number of aryl methyl sites for hydroxylation is 1. The Kier molecular flexibility index (Phi) is 7.77. The lowest BCUT2D eigenvalue weighted by Crippen LogP contribution is -2.45. The molecule has 1 aliphatic heterocycles. The highest BCUT2D eigenvalue weighted by Crippen LogP contribution is 2.23. The topological polar surface area (TPSA) is 95.8 Å². The molecule has 1 fully saturated rings. The zero-order valence-corrected chi connectivity index (χ0v) is 19.4. The Morgan fingerprint density at radius 2 is 2.09 bits per heavy atom. The number of furan rings is 1. The molecule has 3 heterocycles. The Bertz CT molecular complexity index is 947. The third kappa shape index (κ3) is 5.41. The first-order valence-corrected chi connectivity index (χ1v) is 11.2. The molecule has 0 radical (unpaired) electrons. The van der Waals surface area contributed by atoms with Crippen LogP contribution in [0.15, 0.2) is 22.8 Å². The van der Waals surface area contributed by atoms with Crippen LogP contribution in [-0.4, -0.2) is 59.3 Å². The molecule has 0 aromatic carbocycles. The Hall–Kier alpha value is -3.03. The van der Waals surface area contributed by atoms with Crippen LogP contribution in [0, 0.1) is 19.8 Å². The summed E-state index contributed by atoms with van der Waals surface area (Å²) < 4.78 is 10.4. The van der Waals surface area contributed by atoms with E-state index in [1.54, 1.807) is 36.1 Å². The number of aromatic amines is 1. The van der Waals surface area contributed by atoms with Gasteiger partial charge >= 0.3 is 5.97 Å². The molecule has 8 nitrogen and oxygen atoms in total. The van der Waals surface area contributed by atoms with Crippen molar-refractivity contribution in [3.8, 4) is 0 Å².